The number of carbonyl (C=O) groups excluding carboxylic acids is 2. The molecule has 2 amide bonds. The highest BCUT2D eigenvalue weighted by Crippen LogP contribution is 2.29. The summed E-state index contributed by atoms with van der Waals surface area (Å²) < 4.78 is 15.8. The maximum Gasteiger partial charge on any atom is 0.233 e. The summed E-state index contributed by atoms with van der Waals surface area (Å²) in [6, 6.07) is 12.1. The number of amides is 2. The van der Waals surface area contributed by atoms with Crippen molar-refractivity contribution in [3.05, 3.63) is 42.5 Å². The molecule has 0 heterocycles. The standard InChI is InChI=1S/C19H22N2O5/c1-4-26-17-8-6-5-7-14(17)20-18(22)12-19(23)21-15-11-13(24-2)9-10-16(15)25-3/h5-11H,4,12H2,1-3H3,(H,20,22)(H,21,23). The van der Waals surface area contributed by atoms with Gasteiger partial charge in [0.05, 0.1) is 32.2 Å². The summed E-state index contributed by atoms with van der Waals surface area (Å²) in [5.41, 5.74) is 0.950. The second-order valence-electron chi connectivity index (χ2n) is 5.27. The Morgan fingerprint density at radius 1 is 0.885 bits per heavy atom. The molecule has 2 N–H and O–H groups in total. The average Bonchev–Trinajstić information content (AvgIpc) is 2.63. The third-order valence-electron chi connectivity index (χ3n) is 3.46. The van der Waals surface area contributed by atoms with Gasteiger partial charge in [0.2, 0.25) is 11.8 Å². The van der Waals surface area contributed by atoms with Gasteiger partial charge in [0.15, 0.2) is 0 Å². The van der Waals surface area contributed by atoms with E-state index in [4.69, 9.17) is 14.2 Å². The summed E-state index contributed by atoms with van der Waals surface area (Å²) in [4.78, 5) is 24.4. The molecule has 138 valence electrons. The summed E-state index contributed by atoms with van der Waals surface area (Å²) in [6.45, 7) is 2.33. The Balaban J connectivity index is 2.01. The SMILES string of the molecule is CCOc1ccccc1NC(=O)CC(=O)Nc1cc(OC)ccc1OC. The number of carbonyl (C=O) groups is 2. The summed E-state index contributed by atoms with van der Waals surface area (Å²) in [5, 5.41) is 5.34. The molecule has 0 fully saturated rings. The quantitative estimate of drug-likeness (QED) is 0.708. The minimum atomic E-state index is -0.469. The van der Waals surface area contributed by atoms with Gasteiger partial charge in [-0.1, -0.05) is 12.1 Å². The zero-order valence-electron chi connectivity index (χ0n) is 15.0. The second kappa shape index (κ2) is 9.31. The lowest BCUT2D eigenvalue weighted by molar-refractivity contribution is -0.123. The van der Waals surface area contributed by atoms with E-state index in [1.54, 1.807) is 36.4 Å². The summed E-state index contributed by atoms with van der Waals surface area (Å²) in [5.74, 6) is 0.676. The zero-order chi connectivity index (χ0) is 18.9. The largest absolute Gasteiger partial charge is 0.497 e. The lowest BCUT2D eigenvalue weighted by Gasteiger charge is -2.13. The minimum absolute atomic E-state index is 0.346. The van der Waals surface area contributed by atoms with E-state index in [0.29, 0.717) is 35.2 Å². The smallest absolute Gasteiger partial charge is 0.233 e. The number of anilines is 2. The molecule has 7 nitrogen and oxygen atoms in total. The van der Waals surface area contributed by atoms with E-state index in [1.807, 2.05) is 13.0 Å². The molecule has 2 aromatic rings. The summed E-state index contributed by atoms with van der Waals surface area (Å²) >= 11 is 0. The van der Waals surface area contributed by atoms with E-state index in [9.17, 15) is 9.59 Å². The maximum atomic E-state index is 12.2. The van der Waals surface area contributed by atoms with Crippen LogP contribution in [0.3, 0.4) is 0 Å². The molecule has 0 aliphatic heterocycles. The fraction of sp³-hybridized carbons (Fsp3) is 0.263. The Labute approximate surface area is 152 Å². The van der Waals surface area contributed by atoms with Crippen LogP contribution in [-0.4, -0.2) is 32.6 Å². The Bertz CT molecular complexity index is 776. The third-order valence-corrected chi connectivity index (χ3v) is 3.46. The van der Waals surface area contributed by atoms with Crippen LogP contribution in [-0.2, 0) is 9.59 Å². The van der Waals surface area contributed by atoms with Crippen molar-refractivity contribution in [2.75, 3.05) is 31.5 Å². The molecule has 0 saturated heterocycles. The number of rotatable bonds is 8. The Morgan fingerprint density at radius 3 is 2.23 bits per heavy atom. The molecule has 2 aromatic carbocycles. The van der Waals surface area contributed by atoms with Crippen molar-refractivity contribution in [3.63, 3.8) is 0 Å². The van der Waals surface area contributed by atoms with Gasteiger partial charge in [-0.3, -0.25) is 9.59 Å². The van der Waals surface area contributed by atoms with Crippen LogP contribution in [0.1, 0.15) is 13.3 Å². The molecule has 26 heavy (non-hydrogen) atoms. The van der Waals surface area contributed by atoms with E-state index < -0.39 is 11.8 Å². The summed E-state index contributed by atoms with van der Waals surface area (Å²) in [7, 11) is 3.02. The van der Waals surface area contributed by atoms with Gasteiger partial charge in [0.25, 0.3) is 0 Å². The van der Waals surface area contributed by atoms with Crippen molar-refractivity contribution >= 4 is 23.2 Å². The predicted molar refractivity (Wildman–Crippen MR) is 99.0 cm³/mol. The van der Waals surface area contributed by atoms with Crippen LogP contribution in [0, 0.1) is 0 Å². The zero-order valence-corrected chi connectivity index (χ0v) is 15.0. The Morgan fingerprint density at radius 2 is 1.58 bits per heavy atom. The number of ether oxygens (including phenoxy) is 3. The molecule has 7 heteroatoms. The first-order valence-electron chi connectivity index (χ1n) is 8.11. The number of hydrogen-bond acceptors (Lipinski definition) is 5. The van der Waals surface area contributed by atoms with Gasteiger partial charge >= 0.3 is 0 Å². The van der Waals surface area contributed by atoms with Gasteiger partial charge in [0, 0.05) is 6.07 Å². The van der Waals surface area contributed by atoms with Crippen LogP contribution in [0.15, 0.2) is 42.5 Å². The van der Waals surface area contributed by atoms with Gasteiger partial charge in [-0.25, -0.2) is 0 Å². The van der Waals surface area contributed by atoms with Gasteiger partial charge in [-0.2, -0.15) is 0 Å². The molecule has 0 saturated carbocycles. The molecule has 0 aliphatic rings. The third kappa shape index (κ3) is 5.14. The minimum Gasteiger partial charge on any atom is -0.497 e. The summed E-state index contributed by atoms with van der Waals surface area (Å²) in [6.07, 6.45) is -0.346. The first kappa shape index (κ1) is 19.1. The number of benzene rings is 2. The lowest BCUT2D eigenvalue weighted by atomic mass is 10.2. The van der Waals surface area contributed by atoms with E-state index in [1.165, 1.54) is 14.2 Å². The fourth-order valence-electron chi connectivity index (χ4n) is 2.30. The molecular formula is C19H22N2O5. The van der Waals surface area contributed by atoms with Crippen LogP contribution >= 0.6 is 0 Å². The van der Waals surface area contributed by atoms with Crippen molar-refractivity contribution in [3.8, 4) is 17.2 Å². The maximum absolute atomic E-state index is 12.2. The van der Waals surface area contributed by atoms with Crippen LogP contribution < -0.4 is 24.8 Å². The number of methoxy groups -OCH3 is 2. The van der Waals surface area contributed by atoms with Gasteiger partial charge < -0.3 is 24.8 Å². The van der Waals surface area contributed by atoms with Crippen LogP contribution in [0.4, 0.5) is 11.4 Å². The molecular weight excluding hydrogens is 336 g/mol. The van der Waals surface area contributed by atoms with Crippen LogP contribution in [0.2, 0.25) is 0 Å². The molecule has 0 aromatic heterocycles. The molecule has 2 rings (SSSR count). The highest BCUT2D eigenvalue weighted by molar-refractivity contribution is 6.08. The molecule has 0 bridgehead atoms. The van der Waals surface area contributed by atoms with Gasteiger partial charge in [-0.15, -0.1) is 0 Å². The lowest BCUT2D eigenvalue weighted by Crippen LogP contribution is -2.22. The van der Waals surface area contributed by atoms with Crippen molar-refractivity contribution in [2.24, 2.45) is 0 Å². The molecule has 0 aliphatic carbocycles. The normalized spacial score (nSPS) is 9.96. The van der Waals surface area contributed by atoms with Crippen molar-refractivity contribution in [2.45, 2.75) is 13.3 Å². The second-order valence-corrected chi connectivity index (χ2v) is 5.27. The number of hydrogen-bond donors (Lipinski definition) is 2. The number of para-hydroxylation sites is 2. The first-order valence-corrected chi connectivity index (χ1v) is 8.11. The highest BCUT2D eigenvalue weighted by Gasteiger charge is 2.14. The fourth-order valence-corrected chi connectivity index (χ4v) is 2.30. The Kier molecular flexibility index (Phi) is 6.84. The average molecular weight is 358 g/mol. The van der Waals surface area contributed by atoms with E-state index in [-0.39, 0.29) is 6.42 Å². The molecule has 0 spiro atoms. The molecule has 0 radical (unpaired) electrons. The first-order chi connectivity index (χ1) is 12.6. The van der Waals surface area contributed by atoms with E-state index >= 15 is 0 Å². The van der Waals surface area contributed by atoms with Crippen LogP contribution in [0.5, 0.6) is 17.2 Å². The molecule has 0 atom stereocenters. The number of nitrogens with one attached hydrogen (secondary N) is 2. The van der Waals surface area contributed by atoms with E-state index in [2.05, 4.69) is 10.6 Å². The van der Waals surface area contributed by atoms with Gasteiger partial charge in [-0.05, 0) is 31.2 Å². The van der Waals surface area contributed by atoms with Crippen molar-refractivity contribution < 1.29 is 23.8 Å². The van der Waals surface area contributed by atoms with Crippen molar-refractivity contribution in [1.29, 1.82) is 0 Å². The highest BCUT2D eigenvalue weighted by atomic mass is 16.5. The van der Waals surface area contributed by atoms with Crippen molar-refractivity contribution in [1.82, 2.24) is 0 Å². The Hall–Kier alpha value is -3.22. The predicted octanol–water partition coefficient (Wildman–Crippen LogP) is 3.07. The van der Waals surface area contributed by atoms with Gasteiger partial charge in [0.1, 0.15) is 23.7 Å². The monoisotopic (exact) mass is 358 g/mol. The van der Waals surface area contributed by atoms with E-state index in [0.717, 1.165) is 0 Å². The topological polar surface area (TPSA) is 85.9 Å². The van der Waals surface area contributed by atoms with Crippen LogP contribution in [0.25, 0.3) is 0 Å². The molecule has 0 unspecified atom stereocenters.